The van der Waals surface area contributed by atoms with Gasteiger partial charge in [0.2, 0.25) is 0 Å². The molecule has 0 saturated heterocycles. The van der Waals surface area contributed by atoms with Crippen LogP contribution in [-0.4, -0.2) is 5.54 Å². The molecule has 0 atom stereocenters. The van der Waals surface area contributed by atoms with Gasteiger partial charge in [0.25, 0.3) is 0 Å². The van der Waals surface area contributed by atoms with Gasteiger partial charge in [-0.05, 0) is 50.6 Å². The molecule has 1 aliphatic rings. The number of rotatable bonds is 1. The molecule has 0 bridgehead atoms. The van der Waals surface area contributed by atoms with E-state index in [1.807, 2.05) is 51.1 Å². The third kappa shape index (κ3) is 2.79. The van der Waals surface area contributed by atoms with Gasteiger partial charge in [0.1, 0.15) is 5.82 Å². The summed E-state index contributed by atoms with van der Waals surface area (Å²) in [6, 6.07) is 10.1. The van der Waals surface area contributed by atoms with E-state index in [2.05, 4.69) is 0 Å². The summed E-state index contributed by atoms with van der Waals surface area (Å²) in [7, 11) is 0. The van der Waals surface area contributed by atoms with Crippen molar-refractivity contribution < 1.29 is 17.6 Å². The number of alkyl halides is 3. The van der Waals surface area contributed by atoms with Crippen molar-refractivity contribution in [3.63, 3.8) is 0 Å². The molecule has 0 N–H and O–H groups in total. The van der Waals surface area contributed by atoms with E-state index in [-0.39, 0.29) is 5.69 Å². The molecule has 0 fully saturated rings. The zero-order valence-corrected chi connectivity index (χ0v) is 13.6. The molecule has 0 radical (unpaired) electrons. The van der Waals surface area contributed by atoms with Crippen LogP contribution in [0.4, 0.5) is 28.9 Å². The van der Waals surface area contributed by atoms with Gasteiger partial charge in [-0.2, -0.15) is 13.2 Å². The van der Waals surface area contributed by atoms with Crippen LogP contribution in [0.2, 0.25) is 0 Å². The second kappa shape index (κ2) is 5.36. The molecule has 0 spiro atoms. The quantitative estimate of drug-likeness (QED) is 0.563. The highest BCUT2D eigenvalue weighted by atomic mass is 19.4. The van der Waals surface area contributed by atoms with Crippen LogP contribution in [0.3, 0.4) is 0 Å². The molecule has 24 heavy (non-hydrogen) atoms. The summed E-state index contributed by atoms with van der Waals surface area (Å²) in [4.78, 5) is 1.74. The normalized spacial score (nSPS) is 16.6. The Bertz CT molecular complexity index is 818. The molecule has 0 aliphatic carbocycles. The lowest BCUT2D eigenvalue weighted by molar-refractivity contribution is -0.137. The number of fused-ring (bicyclic) bond motifs is 1. The molecule has 2 aromatic rings. The third-order valence-electron chi connectivity index (χ3n) is 4.18. The molecule has 1 aliphatic heterocycles. The van der Waals surface area contributed by atoms with E-state index in [9.17, 15) is 17.6 Å². The van der Waals surface area contributed by atoms with E-state index in [1.165, 1.54) is 0 Å². The molecule has 0 aromatic heterocycles. The molecule has 126 valence electrons. The number of nitrogens with zero attached hydrogens (tertiary/aromatic N) is 1. The second-order valence-electron chi connectivity index (χ2n) is 6.53. The van der Waals surface area contributed by atoms with Gasteiger partial charge in [0.15, 0.2) is 0 Å². The minimum Gasteiger partial charge on any atom is -0.332 e. The average Bonchev–Trinajstić information content (AvgIpc) is 2.45. The Kier molecular flexibility index (Phi) is 3.70. The van der Waals surface area contributed by atoms with Crippen LogP contribution in [-0.2, 0) is 6.18 Å². The van der Waals surface area contributed by atoms with Crippen molar-refractivity contribution in [1.29, 1.82) is 0 Å². The summed E-state index contributed by atoms with van der Waals surface area (Å²) in [5, 5.41) is 0. The monoisotopic (exact) mass is 335 g/mol. The molecule has 1 nitrogen and oxygen atoms in total. The van der Waals surface area contributed by atoms with Gasteiger partial charge in [-0.3, -0.25) is 0 Å². The predicted octanol–water partition coefficient (Wildman–Crippen LogP) is 6.18. The van der Waals surface area contributed by atoms with Gasteiger partial charge < -0.3 is 4.90 Å². The summed E-state index contributed by atoms with van der Waals surface area (Å²) in [5.74, 6) is -0.903. The first-order chi connectivity index (χ1) is 11.1. The van der Waals surface area contributed by atoms with Gasteiger partial charge in [-0.25, -0.2) is 4.39 Å². The second-order valence-corrected chi connectivity index (χ2v) is 6.53. The summed E-state index contributed by atoms with van der Waals surface area (Å²) < 4.78 is 53.1. The first-order valence-electron chi connectivity index (χ1n) is 7.56. The lowest BCUT2D eigenvalue weighted by Crippen LogP contribution is -2.41. The first-order valence-corrected chi connectivity index (χ1v) is 7.56. The Balaban J connectivity index is 2.24. The van der Waals surface area contributed by atoms with Crippen molar-refractivity contribution in [2.75, 3.05) is 4.90 Å². The van der Waals surface area contributed by atoms with E-state index < -0.39 is 23.1 Å². The highest BCUT2D eigenvalue weighted by molar-refractivity contribution is 5.85. The molecule has 0 amide bonds. The molecular formula is C19H17F4N. The van der Waals surface area contributed by atoms with Gasteiger partial charge in [0.05, 0.1) is 11.1 Å². The minimum absolute atomic E-state index is 0.184. The molecular weight excluding hydrogens is 318 g/mol. The third-order valence-corrected chi connectivity index (χ3v) is 4.18. The van der Waals surface area contributed by atoms with E-state index in [0.29, 0.717) is 6.07 Å². The topological polar surface area (TPSA) is 3.24 Å². The van der Waals surface area contributed by atoms with Gasteiger partial charge in [-0.15, -0.1) is 0 Å². The number of halogens is 4. The minimum atomic E-state index is -4.60. The molecule has 5 heteroatoms. The predicted molar refractivity (Wildman–Crippen MR) is 87.7 cm³/mol. The lowest BCUT2D eigenvalue weighted by Gasteiger charge is -2.43. The summed E-state index contributed by atoms with van der Waals surface area (Å²) in [6.07, 6.45) is -2.62. The number of anilines is 2. The van der Waals surface area contributed by atoms with Crippen LogP contribution in [0.25, 0.3) is 5.57 Å². The fourth-order valence-corrected chi connectivity index (χ4v) is 3.32. The maximum Gasteiger partial charge on any atom is 0.416 e. The molecule has 0 unspecified atom stereocenters. The molecule has 3 rings (SSSR count). The Morgan fingerprint density at radius 2 is 1.67 bits per heavy atom. The highest BCUT2D eigenvalue weighted by Gasteiger charge is 2.36. The van der Waals surface area contributed by atoms with Crippen molar-refractivity contribution in [2.45, 2.75) is 32.5 Å². The van der Waals surface area contributed by atoms with E-state index >= 15 is 0 Å². The van der Waals surface area contributed by atoms with Gasteiger partial charge in [0, 0.05) is 16.9 Å². The van der Waals surface area contributed by atoms with Crippen LogP contribution in [0.5, 0.6) is 0 Å². The maximum atomic E-state index is 13.9. The smallest absolute Gasteiger partial charge is 0.332 e. The lowest BCUT2D eigenvalue weighted by atomic mass is 9.88. The van der Waals surface area contributed by atoms with Gasteiger partial charge >= 0.3 is 6.18 Å². The Labute approximate surface area is 138 Å². The number of hydrogen-bond acceptors (Lipinski definition) is 1. The van der Waals surface area contributed by atoms with Crippen LogP contribution in [0.15, 0.2) is 48.5 Å². The van der Waals surface area contributed by atoms with Crippen LogP contribution in [0, 0.1) is 5.82 Å². The zero-order chi connectivity index (χ0) is 17.7. The standard InChI is InChI=1S/C19H17F4N/c1-12-11-18(2,3)24(17-7-5-4-6-16(12)17)15-9-13(19(21,22)23)8-14(20)10-15/h4-11H,1-3H3. The average molecular weight is 335 g/mol. The first kappa shape index (κ1) is 16.6. The van der Waals surface area contributed by atoms with Crippen molar-refractivity contribution >= 4 is 16.9 Å². The summed E-state index contributed by atoms with van der Waals surface area (Å²) >= 11 is 0. The summed E-state index contributed by atoms with van der Waals surface area (Å²) in [6.45, 7) is 5.75. The number of hydrogen-bond donors (Lipinski definition) is 0. The Morgan fingerprint density at radius 3 is 2.33 bits per heavy atom. The SMILES string of the molecule is CC1=CC(C)(C)N(c2cc(F)cc(C(F)(F)F)c2)c2ccccc21. The highest BCUT2D eigenvalue weighted by Crippen LogP contribution is 2.44. The van der Waals surface area contributed by atoms with Gasteiger partial charge in [-0.1, -0.05) is 24.3 Å². The largest absolute Gasteiger partial charge is 0.416 e. The Hall–Kier alpha value is -2.30. The van der Waals surface area contributed by atoms with Crippen molar-refractivity contribution in [1.82, 2.24) is 0 Å². The fraction of sp³-hybridized carbons (Fsp3) is 0.263. The fourth-order valence-electron chi connectivity index (χ4n) is 3.32. The van der Waals surface area contributed by atoms with Crippen molar-refractivity contribution in [3.8, 4) is 0 Å². The number of para-hydroxylation sites is 1. The summed E-state index contributed by atoms with van der Waals surface area (Å²) in [5.41, 5.74) is 1.34. The van der Waals surface area contributed by atoms with Crippen LogP contribution >= 0.6 is 0 Å². The molecule has 0 saturated carbocycles. The maximum absolute atomic E-state index is 13.9. The number of benzene rings is 2. The van der Waals surface area contributed by atoms with Crippen molar-refractivity contribution in [2.24, 2.45) is 0 Å². The number of allylic oxidation sites excluding steroid dienone is 1. The van der Waals surface area contributed by atoms with E-state index in [0.717, 1.165) is 29.0 Å². The van der Waals surface area contributed by atoms with E-state index in [4.69, 9.17) is 0 Å². The van der Waals surface area contributed by atoms with Crippen molar-refractivity contribution in [3.05, 3.63) is 65.5 Å². The Morgan fingerprint density at radius 1 is 1.00 bits per heavy atom. The van der Waals surface area contributed by atoms with E-state index in [1.54, 1.807) is 4.90 Å². The van der Waals surface area contributed by atoms with Crippen LogP contribution < -0.4 is 4.90 Å². The van der Waals surface area contributed by atoms with Crippen LogP contribution in [0.1, 0.15) is 31.9 Å². The molecule has 1 heterocycles. The molecule has 2 aromatic carbocycles. The zero-order valence-electron chi connectivity index (χ0n) is 13.6.